The Morgan fingerprint density at radius 1 is 1.24 bits per heavy atom. The fraction of sp³-hybridized carbons (Fsp3) is 0.273. The summed E-state index contributed by atoms with van der Waals surface area (Å²) in [6.07, 6.45) is -0.193. The molecule has 0 atom stereocenters. The van der Waals surface area contributed by atoms with Crippen LogP contribution in [0, 0.1) is 11.6 Å². The van der Waals surface area contributed by atoms with Gasteiger partial charge in [0.2, 0.25) is 0 Å². The number of esters is 1. The van der Waals surface area contributed by atoms with Crippen molar-refractivity contribution in [2.75, 3.05) is 0 Å². The van der Waals surface area contributed by atoms with E-state index in [-0.39, 0.29) is 25.0 Å². The molecule has 0 amide bonds. The third-order valence-electron chi connectivity index (χ3n) is 1.89. The molecule has 1 N–H and O–H groups in total. The summed E-state index contributed by atoms with van der Waals surface area (Å²) in [6.45, 7) is 0. The van der Waals surface area contributed by atoms with Crippen LogP contribution in [-0.4, -0.2) is 17.0 Å². The fourth-order valence-electron chi connectivity index (χ4n) is 1.12. The summed E-state index contributed by atoms with van der Waals surface area (Å²) in [5.41, 5.74) is 0. The van der Waals surface area contributed by atoms with Crippen LogP contribution in [0.15, 0.2) is 18.2 Å². The van der Waals surface area contributed by atoms with Gasteiger partial charge in [0.1, 0.15) is 5.82 Å². The topological polar surface area (TPSA) is 63.6 Å². The average molecular weight is 244 g/mol. The van der Waals surface area contributed by atoms with Crippen LogP contribution in [0.5, 0.6) is 5.75 Å². The van der Waals surface area contributed by atoms with Gasteiger partial charge < -0.3 is 9.84 Å². The lowest BCUT2D eigenvalue weighted by molar-refractivity contribution is -0.137. The van der Waals surface area contributed by atoms with Crippen LogP contribution in [0.2, 0.25) is 0 Å². The number of aliphatic carboxylic acids is 1. The summed E-state index contributed by atoms with van der Waals surface area (Å²) in [7, 11) is 0. The lowest BCUT2D eigenvalue weighted by Crippen LogP contribution is -2.09. The highest BCUT2D eigenvalue weighted by atomic mass is 19.1. The number of carboxylic acids is 1. The highest BCUT2D eigenvalue weighted by Gasteiger charge is 2.10. The zero-order valence-corrected chi connectivity index (χ0v) is 8.78. The van der Waals surface area contributed by atoms with Crippen molar-refractivity contribution in [2.24, 2.45) is 0 Å². The summed E-state index contributed by atoms with van der Waals surface area (Å²) in [5.74, 6) is -3.89. The molecular formula is C11H10F2O4. The molecular weight excluding hydrogens is 234 g/mol. The van der Waals surface area contributed by atoms with Crippen LogP contribution in [0.3, 0.4) is 0 Å². The van der Waals surface area contributed by atoms with E-state index in [1.165, 1.54) is 0 Å². The zero-order chi connectivity index (χ0) is 12.8. The van der Waals surface area contributed by atoms with Gasteiger partial charge in [-0.25, -0.2) is 8.78 Å². The second kappa shape index (κ2) is 5.93. The largest absolute Gasteiger partial charge is 0.481 e. The Bertz CT molecular complexity index is 431. The summed E-state index contributed by atoms with van der Waals surface area (Å²) in [4.78, 5) is 21.3. The molecule has 0 heterocycles. The first-order valence-corrected chi connectivity index (χ1v) is 4.86. The van der Waals surface area contributed by atoms with Crippen molar-refractivity contribution >= 4 is 11.9 Å². The molecule has 0 aliphatic carbocycles. The first-order chi connectivity index (χ1) is 7.99. The van der Waals surface area contributed by atoms with Crippen molar-refractivity contribution in [3.63, 3.8) is 0 Å². The van der Waals surface area contributed by atoms with E-state index in [0.29, 0.717) is 6.07 Å². The van der Waals surface area contributed by atoms with E-state index in [1.54, 1.807) is 0 Å². The maximum absolute atomic E-state index is 13.0. The molecule has 0 aliphatic heterocycles. The second-order valence-corrected chi connectivity index (χ2v) is 3.30. The van der Waals surface area contributed by atoms with Crippen LogP contribution < -0.4 is 4.74 Å². The van der Waals surface area contributed by atoms with Gasteiger partial charge in [0.05, 0.1) is 0 Å². The third kappa shape index (κ3) is 4.58. The van der Waals surface area contributed by atoms with Crippen LogP contribution >= 0.6 is 0 Å². The Hall–Kier alpha value is -1.98. The van der Waals surface area contributed by atoms with Crippen molar-refractivity contribution < 1.29 is 28.2 Å². The Kier molecular flexibility index (Phi) is 4.56. The van der Waals surface area contributed by atoms with Crippen molar-refractivity contribution in [1.29, 1.82) is 0 Å². The van der Waals surface area contributed by atoms with E-state index in [4.69, 9.17) is 5.11 Å². The van der Waals surface area contributed by atoms with Gasteiger partial charge in [-0.1, -0.05) is 0 Å². The summed E-state index contributed by atoms with van der Waals surface area (Å²) in [6, 6.07) is 2.56. The van der Waals surface area contributed by atoms with E-state index in [1.807, 2.05) is 0 Å². The third-order valence-corrected chi connectivity index (χ3v) is 1.89. The van der Waals surface area contributed by atoms with Gasteiger partial charge >= 0.3 is 11.9 Å². The van der Waals surface area contributed by atoms with Gasteiger partial charge in [0.25, 0.3) is 0 Å². The van der Waals surface area contributed by atoms with Crippen molar-refractivity contribution in [3.8, 4) is 5.75 Å². The molecule has 17 heavy (non-hydrogen) atoms. The van der Waals surface area contributed by atoms with Crippen LogP contribution in [-0.2, 0) is 9.59 Å². The molecule has 1 rings (SSSR count). The maximum atomic E-state index is 13.0. The summed E-state index contributed by atoms with van der Waals surface area (Å²) in [5, 5.41) is 8.34. The molecule has 4 nitrogen and oxygen atoms in total. The number of carbonyl (C=O) groups excluding carboxylic acids is 1. The molecule has 0 aliphatic rings. The van der Waals surface area contributed by atoms with Crippen LogP contribution in [0.1, 0.15) is 19.3 Å². The van der Waals surface area contributed by atoms with Gasteiger partial charge in [-0.05, 0) is 18.6 Å². The normalized spacial score (nSPS) is 10.0. The predicted octanol–water partition coefficient (Wildman–Crippen LogP) is 2.13. The standard InChI is InChI=1S/C11H10F2O4/c12-7-4-5-9(8(13)6-7)17-11(16)3-1-2-10(14)15/h4-6H,1-3H2,(H,14,15). The molecule has 0 saturated carbocycles. The molecule has 92 valence electrons. The molecule has 0 aromatic heterocycles. The number of ether oxygens (including phenoxy) is 1. The van der Waals surface area contributed by atoms with Gasteiger partial charge in [0.15, 0.2) is 11.6 Å². The first-order valence-electron chi connectivity index (χ1n) is 4.86. The SMILES string of the molecule is O=C(O)CCCC(=O)Oc1ccc(F)cc1F. The molecule has 0 fully saturated rings. The van der Waals surface area contributed by atoms with Gasteiger partial charge in [-0.15, -0.1) is 0 Å². The van der Waals surface area contributed by atoms with Gasteiger partial charge in [-0.2, -0.15) is 0 Å². The molecule has 0 radical (unpaired) electrons. The zero-order valence-electron chi connectivity index (χ0n) is 8.78. The fourth-order valence-corrected chi connectivity index (χ4v) is 1.12. The smallest absolute Gasteiger partial charge is 0.311 e. The van der Waals surface area contributed by atoms with Gasteiger partial charge in [-0.3, -0.25) is 9.59 Å². The van der Waals surface area contributed by atoms with E-state index < -0.39 is 23.6 Å². The number of carboxylic acid groups (broad SMARTS) is 1. The molecule has 1 aromatic carbocycles. The second-order valence-electron chi connectivity index (χ2n) is 3.30. The van der Waals surface area contributed by atoms with Crippen LogP contribution in [0.4, 0.5) is 8.78 Å². The number of halogens is 2. The number of rotatable bonds is 5. The maximum Gasteiger partial charge on any atom is 0.311 e. The highest BCUT2D eigenvalue weighted by Crippen LogP contribution is 2.18. The van der Waals surface area contributed by atoms with E-state index in [2.05, 4.69) is 4.74 Å². The Morgan fingerprint density at radius 2 is 1.94 bits per heavy atom. The average Bonchev–Trinajstić information content (AvgIpc) is 2.21. The number of carbonyl (C=O) groups is 2. The molecule has 0 saturated heterocycles. The Morgan fingerprint density at radius 3 is 2.53 bits per heavy atom. The molecule has 1 aromatic rings. The van der Waals surface area contributed by atoms with Gasteiger partial charge in [0, 0.05) is 18.9 Å². The Labute approximate surface area is 95.8 Å². The van der Waals surface area contributed by atoms with Crippen molar-refractivity contribution in [1.82, 2.24) is 0 Å². The molecule has 6 heteroatoms. The van der Waals surface area contributed by atoms with Crippen molar-refractivity contribution in [2.45, 2.75) is 19.3 Å². The molecule has 0 bridgehead atoms. The number of benzene rings is 1. The van der Waals surface area contributed by atoms with Crippen LogP contribution in [0.25, 0.3) is 0 Å². The minimum absolute atomic E-state index is 0.108. The predicted molar refractivity (Wildman–Crippen MR) is 53.5 cm³/mol. The van der Waals surface area contributed by atoms with Crippen molar-refractivity contribution in [3.05, 3.63) is 29.8 Å². The van der Waals surface area contributed by atoms with E-state index >= 15 is 0 Å². The quantitative estimate of drug-likeness (QED) is 0.636. The Balaban J connectivity index is 2.48. The monoisotopic (exact) mass is 244 g/mol. The lowest BCUT2D eigenvalue weighted by atomic mass is 10.2. The number of hydrogen-bond acceptors (Lipinski definition) is 3. The lowest BCUT2D eigenvalue weighted by Gasteiger charge is -2.04. The minimum atomic E-state index is -1.02. The molecule has 0 unspecified atom stereocenters. The summed E-state index contributed by atoms with van der Waals surface area (Å²) >= 11 is 0. The molecule has 0 spiro atoms. The van der Waals surface area contributed by atoms with E-state index in [0.717, 1.165) is 12.1 Å². The highest BCUT2D eigenvalue weighted by molar-refractivity contribution is 5.73. The number of hydrogen-bond donors (Lipinski definition) is 1. The summed E-state index contributed by atoms with van der Waals surface area (Å²) < 4.78 is 30.2. The first kappa shape index (κ1) is 13.1. The minimum Gasteiger partial charge on any atom is -0.481 e. The van der Waals surface area contributed by atoms with E-state index in [9.17, 15) is 18.4 Å².